The number of para-hydroxylation sites is 1. The van der Waals surface area contributed by atoms with Gasteiger partial charge in [0.25, 0.3) is 0 Å². The van der Waals surface area contributed by atoms with E-state index in [-0.39, 0.29) is 0 Å². The van der Waals surface area contributed by atoms with Crippen molar-refractivity contribution in [3.05, 3.63) is 247 Å². The van der Waals surface area contributed by atoms with Gasteiger partial charge in [-0.2, -0.15) is 0 Å². The molecule has 1 aromatic heterocycles. The van der Waals surface area contributed by atoms with Gasteiger partial charge in [-0.3, -0.25) is 0 Å². The highest BCUT2D eigenvalue weighted by Gasteiger charge is 2.52. The van der Waals surface area contributed by atoms with Crippen LogP contribution < -0.4 is 4.90 Å². The third-order valence-electron chi connectivity index (χ3n) is 13.3. The summed E-state index contributed by atoms with van der Waals surface area (Å²) in [4.78, 5) is 2.37. The standard InChI is InChI=1S/C59H37NO/c1-3-17-38(18-4-1)39-33-35-41(36-34-39)60(40-19-5-2-6-20-40)54-31-16-32-55-56(54)50-37-49(42-21-7-8-25-48(42)58(50)61-55)47-27-15-26-46-45-24-11-14-30-53(45)59(57(46)47)51-28-12-9-22-43(51)44-23-10-13-29-52(44)59/h1-37H. The molecule has 0 amide bonds. The SMILES string of the molecule is c1ccc(-c2ccc(N(c3ccccc3)c3cccc4oc5c6ccccc6c(-c6cccc7c6C6(c8ccccc8-c8ccccc86)c6ccccc6-7)cc5c34)cc2)cc1. The number of anilines is 3. The fourth-order valence-corrected chi connectivity index (χ4v) is 10.9. The molecule has 2 aliphatic carbocycles. The Labute approximate surface area is 354 Å². The largest absolute Gasteiger partial charge is 0.455 e. The maximum atomic E-state index is 7.00. The van der Waals surface area contributed by atoms with Crippen LogP contribution in [0.25, 0.3) is 77.2 Å². The summed E-state index contributed by atoms with van der Waals surface area (Å²) in [5.74, 6) is 0. The van der Waals surface area contributed by atoms with E-state index in [1.807, 2.05) is 0 Å². The number of hydrogen-bond donors (Lipinski definition) is 0. The van der Waals surface area contributed by atoms with Crippen LogP contribution in [0, 0.1) is 0 Å². The van der Waals surface area contributed by atoms with E-state index in [0.717, 1.165) is 44.4 Å². The van der Waals surface area contributed by atoms with Crippen molar-refractivity contribution in [2.75, 3.05) is 4.90 Å². The Morgan fingerprint density at radius 2 is 0.836 bits per heavy atom. The van der Waals surface area contributed by atoms with Gasteiger partial charge in [0.15, 0.2) is 0 Å². The lowest BCUT2D eigenvalue weighted by molar-refractivity contribution is 0.672. The Morgan fingerprint density at radius 3 is 1.51 bits per heavy atom. The quantitative estimate of drug-likeness (QED) is 0.173. The first-order valence-electron chi connectivity index (χ1n) is 21.1. The Hall–Kier alpha value is -7.94. The summed E-state index contributed by atoms with van der Waals surface area (Å²) in [7, 11) is 0. The van der Waals surface area contributed by atoms with E-state index in [2.05, 4.69) is 229 Å². The minimum absolute atomic E-state index is 0.481. The van der Waals surface area contributed by atoms with Crippen LogP contribution in [-0.2, 0) is 5.41 Å². The highest BCUT2D eigenvalue weighted by molar-refractivity contribution is 6.23. The second-order valence-corrected chi connectivity index (χ2v) is 16.3. The summed E-state index contributed by atoms with van der Waals surface area (Å²) >= 11 is 0. The van der Waals surface area contributed by atoms with Crippen LogP contribution in [0.2, 0.25) is 0 Å². The number of hydrogen-bond acceptors (Lipinski definition) is 2. The zero-order valence-corrected chi connectivity index (χ0v) is 33.2. The second kappa shape index (κ2) is 13.0. The third kappa shape index (κ3) is 4.73. The van der Waals surface area contributed by atoms with Gasteiger partial charge in [-0.15, -0.1) is 0 Å². The number of furan rings is 1. The van der Waals surface area contributed by atoms with E-state index in [1.165, 1.54) is 72.1 Å². The van der Waals surface area contributed by atoms with Gasteiger partial charge in [0.05, 0.1) is 16.5 Å². The number of rotatable bonds is 5. The monoisotopic (exact) mass is 775 g/mol. The number of fused-ring (bicyclic) bond motifs is 15. The van der Waals surface area contributed by atoms with Crippen molar-refractivity contribution < 1.29 is 4.42 Å². The number of nitrogens with zero attached hydrogens (tertiary/aromatic N) is 1. The van der Waals surface area contributed by atoms with Crippen LogP contribution in [0.15, 0.2) is 229 Å². The van der Waals surface area contributed by atoms with Gasteiger partial charge in [-0.1, -0.05) is 182 Å². The average molecular weight is 776 g/mol. The maximum absolute atomic E-state index is 7.00. The van der Waals surface area contributed by atoms with E-state index < -0.39 is 5.41 Å². The average Bonchev–Trinajstić information content (AvgIpc) is 3.97. The smallest absolute Gasteiger partial charge is 0.143 e. The van der Waals surface area contributed by atoms with Gasteiger partial charge >= 0.3 is 0 Å². The van der Waals surface area contributed by atoms with Crippen LogP contribution in [0.1, 0.15) is 22.3 Å². The van der Waals surface area contributed by atoms with Crippen LogP contribution in [0.3, 0.4) is 0 Å². The lowest BCUT2D eigenvalue weighted by Crippen LogP contribution is -2.26. The summed E-state index contributed by atoms with van der Waals surface area (Å²) in [6.45, 7) is 0. The maximum Gasteiger partial charge on any atom is 0.143 e. The van der Waals surface area contributed by atoms with Crippen LogP contribution in [0.5, 0.6) is 0 Å². The third-order valence-corrected chi connectivity index (χ3v) is 13.3. The molecule has 2 heteroatoms. The highest BCUT2D eigenvalue weighted by atomic mass is 16.3. The lowest BCUT2D eigenvalue weighted by Gasteiger charge is -2.32. The Morgan fingerprint density at radius 1 is 0.344 bits per heavy atom. The molecule has 0 atom stereocenters. The van der Waals surface area contributed by atoms with Crippen molar-refractivity contribution in [2.45, 2.75) is 5.41 Å². The Balaban J connectivity index is 1.10. The first-order valence-corrected chi connectivity index (χ1v) is 21.1. The summed E-state index contributed by atoms with van der Waals surface area (Å²) in [6, 6.07) is 82.0. The van der Waals surface area contributed by atoms with Gasteiger partial charge in [-0.25, -0.2) is 0 Å². The van der Waals surface area contributed by atoms with Crippen LogP contribution in [-0.4, -0.2) is 0 Å². The molecule has 0 bridgehead atoms. The fourth-order valence-electron chi connectivity index (χ4n) is 10.9. The molecular formula is C59H37NO. The van der Waals surface area contributed by atoms with Crippen LogP contribution >= 0.6 is 0 Å². The predicted molar refractivity (Wildman–Crippen MR) is 253 cm³/mol. The lowest BCUT2D eigenvalue weighted by atomic mass is 9.68. The van der Waals surface area contributed by atoms with Gasteiger partial charge in [0.1, 0.15) is 11.2 Å². The van der Waals surface area contributed by atoms with Gasteiger partial charge in [0.2, 0.25) is 0 Å². The van der Waals surface area contributed by atoms with E-state index in [1.54, 1.807) is 0 Å². The minimum Gasteiger partial charge on any atom is -0.455 e. The molecule has 2 aliphatic rings. The molecule has 284 valence electrons. The summed E-state index contributed by atoms with van der Waals surface area (Å²) in [5.41, 5.74) is 19.9. The summed E-state index contributed by atoms with van der Waals surface area (Å²) in [6.07, 6.45) is 0. The van der Waals surface area contributed by atoms with Crippen molar-refractivity contribution in [1.82, 2.24) is 0 Å². The van der Waals surface area contributed by atoms with Gasteiger partial charge < -0.3 is 9.32 Å². The molecule has 61 heavy (non-hydrogen) atoms. The molecular weight excluding hydrogens is 739 g/mol. The molecule has 2 nitrogen and oxygen atoms in total. The summed E-state index contributed by atoms with van der Waals surface area (Å²) in [5, 5.41) is 4.45. The normalized spacial score (nSPS) is 13.0. The van der Waals surface area contributed by atoms with Crippen molar-refractivity contribution in [1.29, 1.82) is 0 Å². The molecule has 1 spiro atoms. The molecule has 0 fully saturated rings. The van der Waals surface area contributed by atoms with E-state index in [9.17, 15) is 0 Å². The zero-order valence-electron chi connectivity index (χ0n) is 33.2. The van der Waals surface area contributed by atoms with Crippen molar-refractivity contribution >= 4 is 49.8 Å². The number of benzene rings is 10. The first-order chi connectivity index (χ1) is 30.3. The topological polar surface area (TPSA) is 16.4 Å². The van der Waals surface area contributed by atoms with Crippen LogP contribution in [0.4, 0.5) is 17.1 Å². The molecule has 0 radical (unpaired) electrons. The van der Waals surface area contributed by atoms with Gasteiger partial charge in [-0.05, 0) is 115 Å². The summed E-state index contributed by atoms with van der Waals surface area (Å²) < 4.78 is 7.00. The predicted octanol–water partition coefficient (Wildman–Crippen LogP) is 15.9. The highest BCUT2D eigenvalue weighted by Crippen LogP contribution is 2.65. The van der Waals surface area contributed by atoms with Crippen molar-refractivity contribution in [3.63, 3.8) is 0 Å². The first kappa shape index (κ1) is 34.0. The zero-order chi connectivity index (χ0) is 40.1. The molecule has 0 saturated carbocycles. The van der Waals surface area contributed by atoms with E-state index in [0.29, 0.717) is 0 Å². The Kier molecular flexibility index (Phi) is 7.26. The fraction of sp³-hybridized carbons (Fsp3) is 0.0169. The van der Waals surface area contributed by atoms with E-state index in [4.69, 9.17) is 4.42 Å². The van der Waals surface area contributed by atoms with E-state index >= 15 is 0 Å². The second-order valence-electron chi connectivity index (χ2n) is 16.3. The molecule has 0 unspecified atom stereocenters. The molecule has 0 N–H and O–H groups in total. The molecule has 0 aliphatic heterocycles. The molecule has 1 heterocycles. The molecule has 0 saturated heterocycles. The molecule has 10 aromatic carbocycles. The molecule has 11 aromatic rings. The van der Waals surface area contributed by atoms with Crippen molar-refractivity contribution in [2.24, 2.45) is 0 Å². The minimum atomic E-state index is -0.481. The molecule has 13 rings (SSSR count). The van der Waals surface area contributed by atoms with Gasteiger partial charge in [0, 0.05) is 22.1 Å². The Bertz CT molecular complexity index is 3460. The van der Waals surface area contributed by atoms with Crippen molar-refractivity contribution in [3.8, 4) is 44.5 Å².